The SMILES string of the molecule is Cc1nn(CCC(=O)Nc2cccc(O)c2)cc1Cl. The molecule has 2 rings (SSSR count). The fourth-order valence-electron chi connectivity index (χ4n) is 1.63. The van der Waals surface area contributed by atoms with Crippen molar-refractivity contribution in [3.63, 3.8) is 0 Å². The molecule has 0 atom stereocenters. The number of hydrogen-bond acceptors (Lipinski definition) is 3. The maximum Gasteiger partial charge on any atom is 0.226 e. The number of rotatable bonds is 4. The van der Waals surface area contributed by atoms with E-state index in [4.69, 9.17) is 11.6 Å². The second-order valence-corrected chi connectivity index (χ2v) is 4.58. The van der Waals surface area contributed by atoms with Crippen LogP contribution in [0.3, 0.4) is 0 Å². The molecule has 1 amide bonds. The van der Waals surface area contributed by atoms with Crippen LogP contribution in [0.1, 0.15) is 12.1 Å². The summed E-state index contributed by atoms with van der Waals surface area (Å²) in [6.45, 7) is 2.27. The lowest BCUT2D eigenvalue weighted by atomic mass is 10.3. The molecule has 100 valence electrons. The van der Waals surface area contributed by atoms with Crippen molar-refractivity contribution in [1.82, 2.24) is 9.78 Å². The lowest BCUT2D eigenvalue weighted by Gasteiger charge is -2.05. The second kappa shape index (κ2) is 5.75. The van der Waals surface area contributed by atoms with E-state index in [1.165, 1.54) is 6.07 Å². The highest BCUT2D eigenvalue weighted by Gasteiger charge is 2.06. The Morgan fingerprint density at radius 2 is 2.32 bits per heavy atom. The monoisotopic (exact) mass is 279 g/mol. The van der Waals surface area contributed by atoms with Crippen molar-refractivity contribution >= 4 is 23.2 Å². The molecule has 0 aliphatic carbocycles. The van der Waals surface area contributed by atoms with Crippen molar-refractivity contribution in [3.05, 3.63) is 41.2 Å². The molecule has 0 unspecified atom stereocenters. The molecule has 1 heterocycles. The molecule has 0 aliphatic rings. The summed E-state index contributed by atoms with van der Waals surface area (Å²) in [7, 11) is 0. The van der Waals surface area contributed by atoms with Crippen LogP contribution in [0, 0.1) is 6.92 Å². The van der Waals surface area contributed by atoms with Gasteiger partial charge >= 0.3 is 0 Å². The largest absolute Gasteiger partial charge is 0.508 e. The number of phenolic OH excluding ortho intramolecular Hbond substituents is 1. The molecule has 1 aromatic carbocycles. The molecule has 0 saturated heterocycles. The zero-order chi connectivity index (χ0) is 13.8. The fraction of sp³-hybridized carbons (Fsp3) is 0.231. The van der Waals surface area contributed by atoms with Crippen LogP contribution in [-0.2, 0) is 11.3 Å². The topological polar surface area (TPSA) is 67.2 Å². The van der Waals surface area contributed by atoms with Crippen LogP contribution in [0.5, 0.6) is 5.75 Å². The maximum atomic E-state index is 11.7. The van der Waals surface area contributed by atoms with Gasteiger partial charge in [0.15, 0.2) is 0 Å². The summed E-state index contributed by atoms with van der Waals surface area (Å²) in [6, 6.07) is 6.42. The number of aromatic nitrogens is 2. The summed E-state index contributed by atoms with van der Waals surface area (Å²) in [5.74, 6) is -0.0258. The van der Waals surface area contributed by atoms with Crippen molar-refractivity contribution in [2.45, 2.75) is 19.9 Å². The van der Waals surface area contributed by atoms with Gasteiger partial charge in [0.2, 0.25) is 5.91 Å². The van der Waals surface area contributed by atoms with Crippen LogP contribution in [-0.4, -0.2) is 20.8 Å². The highest BCUT2D eigenvalue weighted by molar-refractivity contribution is 6.31. The zero-order valence-electron chi connectivity index (χ0n) is 10.4. The average molecular weight is 280 g/mol. The Morgan fingerprint density at radius 3 is 2.95 bits per heavy atom. The Balaban J connectivity index is 1.88. The Bertz CT molecular complexity index is 576. The van der Waals surface area contributed by atoms with E-state index in [1.807, 2.05) is 6.92 Å². The summed E-state index contributed by atoms with van der Waals surface area (Å²) in [6.07, 6.45) is 1.98. The number of benzene rings is 1. The van der Waals surface area contributed by atoms with E-state index in [-0.39, 0.29) is 18.1 Å². The quantitative estimate of drug-likeness (QED) is 0.904. The van der Waals surface area contributed by atoms with E-state index in [9.17, 15) is 9.90 Å². The van der Waals surface area contributed by atoms with Crippen molar-refractivity contribution in [3.8, 4) is 5.75 Å². The molecule has 19 heavy (non-hydrogen) atoms. The first kappa shape index (κ1) is 13.4. The Hall–Kier alpha value is -2.01. The molecular formula is C13H14ClN3O2. The molecule has 6 heteroatoms. The molecule has 2 aromatic rings. The molecule has 0 radical (unpaired) electrons. The van der Waals surface area contributed by atoms with E-state index in [0.29, 0.717) is 17.3 Å². The van der Waals surface area contributed by atoms with Gasteiger partial charge in [-0.05, 0) is 19.1 Å². The standard InChI is InChI=1S/C13H14ClN3O2/c1-9-12(14)8-17(16-9)6-5-13(19)15-10-3-2-4-11(18)7-10/h2-4,7-8,18H,5-6H2,1H3,(H,15,19). The number of nitrogens with zero attached hydrogens (tertiary/aromatic N) is 2. The minimum absolute atomic E-state index is 0.118. The fourth-order valence-corrected chi connectivity index (χ4v) is 1.78. The van der Waals surface area contributed by atoms with Gasteiger partial charge in [0.25, 0.3) is 0 Å². The normalized spacial score (nSPS) is 10.4. The van der Waals surface area contributed by atoms with E-state index < -0.39 is 0 Å². The second-order valence-electron chi connectivity index (χ2n) is 4.17. The van der Waals surface area contributed by atoms with Gasteiger partial charge in [0.1, 0.15) is 5.75 Å². The number of carbonyl (C=O) groups is 1. The number of aryl methyl sites for hydroxylation is 2. The summed E-state index contributed by atoms with van der Waals surface area (Å²) < 4.78 is 1.64. The first-order valence-corrected chi connectivity index (χ1v) is 6.21. The van der Waals surface area contributed by atoms with Crippen LogP contribution in [0.4, 0.5) is 5.69 Å². The third-order valence-electron chi connectivity index (χ3n) is 2.58. The average Bonchev–Trinajstić information content (AvgIpc) is 2.66. The number of nitrogens with one attached hydrogen (secondary N) is 1. The van der Waals surface area contributed by atoms with Gasteiger partial charge in [-0.15, -0.1) is 0 Å². The minimum Gasteiger partial charge on any atom is -0.508 e. The Kier molecular flexibility index (Phi) is 4.06. The number of aromatic hydroxyl groups is 1. The van der Waals surface area contributed by atoms with Crippen LogP contribution in [0.15, 0.2) is 30.5 Å². The molecule has 0 bridgehead atoms. The summed E-state index contributed by atoms with van der Waals surface area (Å²) >= 11 is 5.88. The number of phenols is 1. The van der Waals surface area contributed by atoms with Gasteiger partial charge in [0, 0.05) is 30.9 Å². The lowest BCUT2D eigenvalue weighted by molar-refractivity contribution is -0.116. The van der Waals surface area contributed by atoms with E-state index in [1.54, 1.807) is 29.1 Å². The van der Waals surface area contributed by atoms with E-state index in [2.05, 4.69) is 10.4 Å². The van der Waals surface area contributed by atoms with Crippen LogP contribution in [0.2, 0.25) is 5.02 Å². The molecule has 0 aliphatic heterocycles. The van der Waals surface area contributed by atoms with Crippen LogP contribution in [0.25, 0.3) is 0 Å². The molecule has 2 N–H and O–H groups in total. The highest BCUT2D eigenvalue weighted by Crippen LogP contribution is 2.16. The van der Waals surface area contributed by atoms with Crippen LogP contribution < -0.4 is 5.32 Å². The molecular weight excluding hydrogens is 266 g/mol. The van der Waals surface area contributed by atoms with Crippen molar-refractivity contribution in [1.29, 1.82) is 0 Å². The van der Waals surface area contributed by atoms with Crippen molar-refractivity contribution in [2.75, 3.05) is 5.32 Å². The predicted molar refractivity (Wildman–Crippen MR) is 73.3 cm³/mol. The van der Waals surface area contributed by atoms with Gasteiger partial charge < -0.3 is 10.4 Å². The number of carbonyl (C=O) groups excluding carboxylic acids is 1. The van der Waals surface area contributed by atoms with Gasteiger partial charge in [-0.2, -0.15) is 5.10 Å². The molecule has 5 nitrogen and oxygen atoms in total. The summed E-state index contributed by atoms with van der Waals surface area (Å²) in [5.41, 5.74) is 1.31. The lowest BCUT2D eigenvalue weighted by Crippen LogP contribution is -2.14. The minimum atomic E-state index is -0.144. The van der Waals surface area contributed by atoms with Gasteiger partial charge in [-0.1, -0.05) is 17.7 Å². The number of amides is 1. The van der Waals surface area contributed by atoms with E-state index >= 15 is 0 Å². The summed E-state index contributed by atoms with van der Waals surface area (Å²) in [5, 5.41) is 16.7. The first-order chi connectivity index (χ1) is 9.04. The molecule has 0 fully saturated rings. The molecule has 1 aromatic heterocycles. The van der Waals surface area contributed by atoms with Gasteiger partial charge in [0.05, 0.1) is 10.7 Å². The number of anilines is 1. The number of hydrogen-bond donors (Lipinski definition) is 2. The zero-order valence-corrected chi connectivity index (χ0v) is 11.2. The van der Waals surface area contributed by atoms with Gasteiger partial charge in [-0.25, -0.2) is 0 Å². The predicted octanol–water partition coefficient (Wildman–Crippen LogP) is 2.58. The third kappa shape index (κ3) is 3.72. The molecule has 0 spiro atoms. The maximum absolute atomic E-state index is 11.7. The molecule has 0 saturated carbocycles. The van der Waals surface area contributed by atoms with Gasteiger partial charge in [-0.3, -0.25) is 9.48 Å². The van der Waals surface area contributed by atoms with Crippen molar-refractivity contribution < 1.29 is 9.90 Å². The third-order valence-corrected chi connectivity index (χ3v) is 2.96. The van der Waals surface area contributed by atoms with Crippen molar-refractivity contribution in [2.24, 2.45) is 0 Å². The Morgan fingerprint density at radius 1 is 1.53 bits per heavy atom. The number of halogens is 1. The first-order valence-electron chi connectivity index (χ1n) is 5.83. The van der Waals surface area contributed by atoms with E-state index in [0.717, 1.165) is 5.69 Å². The highest BCUT2D eigenvalue weighted by atomic mass is 35.5. The Labute approximate surface area is 115 Å². The van der Waals surface area contributed by atoms with Crippen LogP contribution >= 0.6 is 11.6 Å². The smallest absolute Gasteiger partial charge is 0.226 e. The summed E-state index contributed by atoms with van der Waals surface area (Å²) in [4.78, 5) is 11.7.